The molecule has 4 rings (SSSR count). The molecule has 0 bridgehead atoms. The van der Waals surface area contributed by atoms with Crippen molar-refractivity contribution in [1.82, 2.24) is 4.57 Å². The molecule has 0 amide bonds. The molecule has 5 heteroatoms. The smallest absolute Gasteiger partial charge is 0.148 e. The monoisotopic (exact) mass is 373 g/mol. The van der Waals surface area contributed by atoms with E-state index in [-0.39, 0.29) is 0 Å². The number of benzene rings is 2. The van der Waals surface area contributed by atoms with Crippen LogP contribution in [0.4, 0.5) is 5.69 Å². The third kappa shape index (κ3) is 3.73. The zero-order valence-corrected chi connectivity index (χ0v) is 15.7. The molecule has 0 unspecified atom stereocenters. The number of nitrogens with two attached hydrogens (primary N) is 1. The molecule has 0 aliphatic carbocycles. The SMILES string of the molecule is N#Cc1c(N)c(C2CCOCC2)cn1-c1ccc(OCc2ccccc2)cc1. The van der Waals surface area contributed by atoms with E-state index >= 15 is 0 Å². The predicted molar refractivity (Wildman–Crippen MR) is 108 cm³/mol. The molecule has 3 aromatic rings. The Bertz CT molecular complexity index is 966. The fourth-order valence-electron chi connectivity index (χ4n) is 3.64. The Labute approximate surface area is 164 Å². The first kappa shape index (κ1) is 18.1. The van der Waals surface area contributed by atoms with Crippen molar-refractivity contribution in [3.8, 4) is 17.5 Å². The molecule has 1 aromatic heterocycles. The Morgan fingerprint density at radius 1 is 1.07 bits per heavy atom. The predicted octanol–water partition coefficient (Wildman–Crippen LogP) is 4.40. The van der Waals surface area contributed by atoms with E-state index in [2.05, 4.69) is 6.07 Å². The lowest BCUT2D eigenvalue weighted by Gasteiger charge is -2.21. The van der Waals surface area contributed by atoms with Gasteiger partial charge in [-0.1, -0.05) is 30.3 Å². The summed E-state index contributed by atoms with van der Waals surface area (Å²) in [5, 5.41) is 9.64. The van der Waals surface area contributed by atoms with Crippen LogP contribution in [0.25, 0.3) is 5.69 Å². The number of nitriles is 1. The second kappa shape index (κ2) is 8.20. The molecule has 5 nitrogen and oxygen atoms in total. The molecule has 1 saturated heterocycles. The van der Waals surface area contributed by atoms with Crippen molar-refractivity contribution in [2.24, 2.45) is 0 Å². The summed E-state index contributed by atoms with van der Waals surface area (Å²) in [5.74, 6) is 1.13. The number of ether oxygens (including phenoxy) is 2. The summed E-state index contributed by atoms with van der Waals surface area (Å²) in [6, 6.07) is 20.1. The van der Waals surface area contributed by atoms with Gasteiger partial charge in [0.2, 0.25) is 0 Å². The molecule has 0 radical (unpaired) electrons. The molecule has 0 spiro atoms. The molecule has 1 fully saturated rings. The number of nitrogens with zero attached hydrogens (tertiary/aromatic N) is 2. The van der Waals surface area contributed by atoms with Crippen LogP contribution in [0.1, 0.15) is 35.6 Å². The summed E-state index contributed by atoms with van der Waals surface area (Å²) in [7, 11) is 0. The van der Waals surface area contributed by atoms with Crippen LogP contribution >= 0.6 is 0 Å². The van der Waals surface area contributed by atoms with E-state index in [0.717, 1.165) is 48.6 Å². The maximum atomic E-state index is 9.64. The molecule has 2 aromatic carbocycles. The lowest BCUT2D eigenvalue weighted by Crippen LogP contribution is -2.14. The van der Waals surface area contributed by atoms with Gasteiger partial charge in [0.1, 0.15) is 24.1 Å². The van der Waals surface area contributed by atoms with Crippen molar-refractivity contribution in [1.29, 1.82) is 5.26 Å². The average molecular weight is 373 g/mol. The van der Waals surface area contributed by atoms with Crippen LogP contribution in [0, 0.1) is 11.3 Å². The topological polar surface area (TPSA) is 73.2 Å². The van der Waals surface area contributed by atoms with Crippen LogP contribution in [-0.4, -0.2) is 17.8 Å². The van der Waals surface area contributed by atoms with E-state index < -0.39 is 0 Å². The highest BCUT2D eigenvalue weighted by atomic mass is 16.5. The number of nitrogen functional groups attached to an aromatic ring is 1. The zero-order valence-electron chi connectivity index (χ0n) is 15.7. The third-order valence-electron chi connectivity index (χ3n) is 5.21. The van der Waals surface area contributed by atoms with Crippen molar-refractivity contribution in [2.45, 2.75) is 25.4 Å². The first-order valence-electron chi connectivity index (χ1n) is 9.52. The fraction of sp³-hybridized carbons (Fsp3) is 0.261. The molecule has 2 heterocycles. The fourth-order valence-corrected chi connectivity index (χ4v) is 3.64. The Hall–Kier alpha value is -3.23. The van der Waals surface area contributed by atoms with E-state index in [0.29, 0.717) is 23.9 Å². The third-order valence-corrected chi connectivity index (χ3v) is 5.21. The summed E-state index contributed by atoms with van der Waals surface area (Å²) in [6.07, 6.45) is 3.88. The quantitative estimate of drug-likeness (QED) is 0.719. The molecule has 142 valence electrons. The summed E-state index contributed by atoms with van der Waals surface area (Å²) < 4.78 is 13.2. The minimum Gasteiger partial charge on any atom is -0.489 e. The van der Waals surface area contributed by atoms with Gasteiger partial charge in [0.15, 0.2) is 0 Å². The van der Waals surface area contributed by atoms with Crippen LogP contribution in [0.2, 0.25) is 0 Å². The summed E-state index contributed by atoms with van der Waals surface area (Å²) in [5.41, 5.74) is 10.4. The first-order valence-corrected chi connectivity index (χ1v) is 9.52. The van der Waals surface area contributed by atoms with E-state index in [1.807, 2.05) is 65.4 Å². The molecular weight excluding hydrogens is 350 g/mol. The minimum absolute atomic E-state index is 0.343. The Morgan fingerprint density at radius 3 is 2.46 bits per heavy atom. The van der Waals surface area contributed by atoms with Gasteiger partial charge in [-0.2, -0.15) is 5.26 Å². The molecule has 28 heavy (non-hydrogen) atoms. The highest BCUT2D eigenvalue weighted by molar-refractivity contribution is 5.62. The standard InChI is InChI=1S/C23H23N3O2/c24-14-22-23(25)21(18-10-12-27-13-11-18)15-26(22)19-6-8-20(9-7-19)28-16-17-4-2-1-3-5-17/h1-9,15,18H,10-13,16,25H2. The van der Waals surface area contributed by atoms with E-state index in [9.17, 15) is 5.26 Å². The maximum absolute atomic E-state index is 9.64. The van der Waals surface area contributed by atoms with Crippen molar-refractivity contribution < 1.29 is 9.47 Å². The molecule has 1 aliphatic heterocycles. The van der Waals surface area contributed by atoms with Crippen LogP contribution < -0.4 is 10.5 Å². The van der Waals surface area contributed by atoms with Gasteiger partial charge in [-0.3, -0.25) is 0 Å². The molecule has 0 saturated carbocycles. The molecule has 0 atom stereocenters. The summed E-state index contributed by atoms with van der Waals surface area (Å²) in [4.78, 5) is 0. The number of hydrogen-bond acceptors (Lipinski definition) is 4. The number of rotatable bonds is 5. The van der Waals surface area contributed by atoms with Gasteiger partial charge in [-0.15, -0.1) is 0 Å². The van der Waals surface area contributed by atoms with Gasteiger partial charge in [0, 0.05) is 25.1 Å². The number of hydrogen-bond donors (Lipinski definition) is 1. The first-order chi connectivity index (χ1) is 13.8. The van der Waals surface area contributed by atoms with Gasteiger partial charge in [-0.25, -0.2) is 0 Å². The molecular formula is C23H23N3O2. The van der Waals surface area contributed by atoms with Crippen LogP contribution in [-0.2, 0) is 11.3 Å². The van der Waals surface area contributed by atoms with E-state index in [1.165, 1.54) is 0 Å². The van der Waals surface area contributed by atoms with Crippen LogP contribution in [0.5, 0.6) is 5.75 Å². The van der Waals surface area contributed by atoms with Gasteiger partial charge in [0.25, 0.3) is 0 Å². The number of aromatic nitrogens is 1. The van der Waals surface area contributed by atoms with Crippen molar-refractivity contribution in [3.05, 3.63) is 77.6 Å². The Balaban J connectivity index is 1.54. The largest absolute Gasteiger partial charge is 0.489 e. The van der Waals surface area contributed by atoms with Gasteiger partial charge >= 0.3 is 0 Å². The van der Waals surface area contributed by atoms with Gasteiger partial charge in [-0.05, 0) is 54.2 Å². The highest BCUT2D eigenvalue weighted by Crippen LogP contribution is 2.35. The normalized spacial score (nSPS) is 14.5. The van der Waals surface area contributed by atoms with Crippen molar-refractivity contribution in [3.63, 3.8) is 0 Å². The highest BCUT2D eigenvalue weighted by Gasteiger charge is 2.23. The summed E-state index contributed by atoms with van der Waals surface area (Å²) >= 11 is 0. The lowest BCUT2D eigenvalue weighted by atomic mass is 9.92. The zero-order chi connectivity index (χ0) is 19.3. The Kier molecular flexibility index (Phi) is 5.31. The number of anilines is 1. The van der Waals surface area contributed by atoms with Crippen LogP contribution in [0.15, 0.2) is 60.8 Å². The van der Waals surface area contributed by atoms with Gasteiger partial charge in [0.05, 0.1) is 5.69 Å². The summed E-state index contributed by atoms with van der Waals surface area (Å²) in [6.45, 7) is 2.00. The van der Waals surface area contributed by atoms with Crippen molar-refractivity contribution >= 4 is 5.69 Å². The van der Waals surface area contributed by atoms with E-state index in [1.54, 1.807) is 0 Å². The maximum Gasteiger partial charge on any atom is 0.148 e. The van der Waals surface area contributed by atoms with Gasteiger partial charge < -0.3 is 19.8 Å². The second-order valence-corrected chi connectivity index (χ2v) is 6.98. The molecule has 1 aliphatic rings. The minimum atomic E-state index is 0.343. The Morgan fingerprint density at radius 2 is 1.79 bits per heavy atom. The second-order valence-electron chi connectivity index (χ2n) is 6.98. The van der Waals surface area contributed by atoms with Crippen molar-refractivity contribution in [2.75, 3.05) is 18.9 Å². The lowest BCUT2D eigenvalue weighted by molar-refractivity contribution is 0.0855. The molecule has 2 N–H and O–H groups in total. The van der Waals surface area contributed by atoms with Crippen LogP contribution in [0.3, 0.4) is 0 Å². The van der Waals surface area contributed by atoms with E-state index in [4.69, 9.17) is 15.2 Å². The average Bonchev–Trinajstić information content (AvgIpc) is 3.10.